The molecule has 0 fully saturated rings. The average molecular weight is 365 g/mol. The van der Waals surface area contributed by atoms with Gasteiger partial charge in [0.25, 0.3) is 11.5 Å². The second-order valence-corrected chi connectivity index (χ2v) is 7.34. The molecule has 0 unspecified atom stereocenters. The van der Waals surface area contributed by atoms with Crippen LogP contribution in [-0.4, -0.2) is 57.0 Å². The van der Waals surface area contributed by atoms with Crippen molar-refractivity contribution in [2.24, 2.45) is 0 Å². The van der Waals surface area contributed by atoms with Crippen LogP contribution in [0.2, 0.25) is 0 Å². The zero-order valence-electron chi connectivity index (χ0n) is 15.8. The molecule has 3 aromatic rings. The Hall–Kier alpha value is -2.93. The molecule has 27 heavy (non-hydrogen) atoms. The van der Waals surface area contributed by atoms with Crippen molar-refractivity contribution in [1.82, 2.24) is 24.4 Å². The number of benzene rings is 1. The van der Waals surface area contributed by atoms with Crippen molar-refractivity contribution < 1.29 is 4.79 Å². The Morgan fingerprint density at radius 2 is 2.07 bits per heavy atom. The standard InChI is InChI=1S/C20H23N5O2/c1-13-8-18-21-10-17(20(27)25(18)22-13)19(26)24(3)12-16-9-14-6-4-5-7-15(14)11-23(16)2/h4-8,10,16,22H,9,11-12H2,1-3H3/t16-/m0/s1. The number of likely N-dealkylation sites (N-methyl/N-ethyl adjacent to an activating group) is 2. The van der Waals surface area contributed by atoms with Crippen molar-refractivity contribution in [3.8, 4) is 0 Å². The van der Waals surface area contributed by atoms with Crippen LogP contribution in [0.3, 0.4) is 0 Å². The number of H-pyrrole nitrogens is 1. The Bertz CT molecular complexity index is 1070. The Morgan fingerprint density at radius 3 is 2.85 bits per heavy atom. The van der Waals surface area contributed by atoms with Gasteiger partial charge in [-0.05, 0) is 31.5 Å². The second-order valence-electron chi connectivity index (χ2n) is 7.34. The number of rotatable bonds is 3. The molecule has 0 aliphatic carbocycles. The van der Waals surface area contributed by atoms with Gasteiger partial charge in [-0.25, -0.2) is 9.50 Å². The summed E-state index contributed by atoms with van der Waals surface area (Å²) in [6.07, 6.45) is 2.26. The molecule has 0 bridgehead atoms. The maximum Gasteiger partial charge on any atom is 0.285 e. The molecular weight excluding hydrogens is 342 g/mol. The van der Waals surface area contributed by atoms with Crippen LogP contribution in [0.25, 0.3) is 5.65 Å². The van der Waals surface area contributed by atoms with Crippen molar-refractivity contribution in [2.75, 3.05) is 20.6 Å². The van der Waals surface area contributed by atoms with Crippen molar-refractivity contribution in [3.05, 3.63) is 69.3 Å². The first-order chi connectivity index (χ1) is 12.9. The number of nitrogens with one attached hydrogen (secondary N) is 1. The van der Waals surface area contributed by atoms with Crippen molar-refractivity contribution >= 4 is 11.6 Å². The van der Waals surface area contributed by atoms with Gasteiger partial charge in [0, 0.05) is 44.1 Å². The first kappa shape index (κ1) is 17.5. The van der Waals surface area contributed by atoms with E-state index in [9.17, 15) is 9.59 Å². The highest BCUT2D eigenvalue weighted by atomic mass is 16.2. The monoisotopic (exact) mass is 365 g/mol. The summed E-state index contributed by atoms with van der Waals surface area (Å²) in [7, 11) is 3.81. The topological polar surface area (TPSA) is 73.7 Å². The highest BCUT2D eigenvalue weighted by molar-refractivity contribution is 5.93. The van der Waals surface area contributed by atoms with E-state index in [2.05, 4.69) is 46.3 Å². The predicted molar refractivity (Wildman–Crippen MR) is 103 cm³/mol. The molecule has 0 spiro atoms. The number of carbonyl (C=O) groups excluding carboxylic acids is 1. The summed E-state index contributed by atoms with van der Waals surface area (Å²) < 4.78 is 1.32. The Kier molecular flexibility index (Phi) is 4.31. The lowest BCUT2D eigenvalue weighted by atomic mass is 9.94. The lowest BCUT2D eigenvalue weighted by molar-refractivity contribution is 0.0731. The highest BCUT2D eigenvalue weighted by Crippen LogP contribution is 2.22. The van der Waals surface area contributed by atoms with Gasteiger partial charge in [-0.3, -0.25) is 19.6 Å². The third kappa shape index (κ3) is 3.14. The van der Waals surface area contributed by atoms with Crippen molar-refractivity contribution in [1.29, 1.82) is 0 Å². The van der Waals surface area contributed by atoms with Crippen molar-refractivity contribution in [2.45, 2.75) is 25.9 Å². The second kappa shape index (κ2) is 6.66. The van der Waals surface area contributed by atoms with Crippen LogP contribution in [0.15, 0.2) is 41.3 Å². The number of carbonyl (C=O) groups is 1. The fourth-order valence-corrected chi connectivity index (χ4v) is 3.75. The molecule has 3 heterocycles. The number of fused-ring (bicyclic) bond motifs is 2. The summed E-state index contributed by atoms with van der Waals surface area (Å²) in [5, 5.41) is 2.92. The fourth-order valence-electron chi connectivity index (χ4n) is 3.75. The summed E-state index contributed by atoms with van der Waals surface area (Å²) >= 11 is 0. The van der Waals surface area contributed by atoms with Crippen LogP contribution >= 0.6 is 0 Å². The fraction of sp³-hybridized carbons (Fsp3) is 0.350. The van der Waals surface area contributed by atoms with Crippen LogP contribution in [0.5, 0.6) is 0 Å². The van der Waals surface area contributed by atoms with E-state index in [0.717, 1.165) is 18.7 Å². The number of amides is 1. The summed E-state index contributed by atoms with van der Waals surface area (Å²) in [5.74, 6) is -0.304. The normalized spacial score (nSPS) is 17.1. The third-order valence-corrected chi connectivity index (χ3v) is 5.30. The number of aromatic amines is 1. The van der Waals surface area contributed by atoms with Gasteiger partial charge in [-0.2, -0.15) is 0 Å². The molecule has 1 aliphatic heterocycles. The first-order valence-corrected chi connectivity index (χ1v) is 9.04. The minimum Gasteiger partial charge on any atom is -0.340 e. The van der Waals surface area contributed by atoms with Gasteiger partial charge in [-0.15, -0.1) is 0 Å². The minimum atomic E-state index is -0.368. The molecule has 0 radical (unpaired) electrons. The van der Waals surface area contributed by atoms with Crippen molar-refractivity contribution in [3.63, 3.8) is 0 Å². The third-order valence-electron chi connectivity index (χ3n) is 5.30. The Balaban J connectivity index is 1.55. The zero-order valence-corrected chi connectivity index (χ0v) is 15.8. The van der Waals surface area contributed by atoms with Gasteiger partial charge in [0.2, 0.25) is 0 Å². The highest BCUT2D eigenvalue weighted by Gasteiger charge is 2.27. The van der Waals surface area contributed by atoms with E-state index in [-0.39, 0.29) is 23.1 Å². The predicted octanol–water partition coefficient (Wildman–Crippen LogP) is 1.46. The molecule has 1 N–H and O–H groups in total. The quantitative estimate of drug-likeness (QED) is 0.763. The first-order valence-electron chi connectivity index (χ1n) is 9.04. The molecule has 7 nitrogen and oxygen atoms in total. The molecular formula is C20H23N5O2. The van der Waals surface area contributed by atoms with E-state index in [1.165, 1.54) is 21.8 Å². The Morgan fingerprint density at radius 1 is 1.33 bits per heavy atom. The van der Waals surface area contributed by atoms with Gasteiger partial charge < -0.3 is 4.90 Å². The van der Waals surface area contributed by atoms with Gasteiger partial charge in [0.1, 0.15) is 5.56 Å². The number of nitrogens with zero attached hydrogens (tertiary/aromatic N) is 4. The molecule has 140 valence electrons. The molecule has 1 aromatic carbocycles. The molecule has 0 saturated heterocycles. The number of hydrogen-bond acceptors (Lipinski definition) is 4. The van der Waals surface area contributed by atoms with Crippen LogP contribution in [0, 0.1) is 6.92 Å². The smallest absolute Gasteiger partial charge is 0.285 e. The van der Waals surface area contributed by atoms with Crippen LogP contribution in [0.4, 0.5) is 0 Å². The number of hydrogen-bond donors (Lipinski definition) is 1. The molecule has 1 atom stereocenters. The number of aromatic nitrogens is 3. The lowest BCUT2D eigenvalue weighted by Crippen LogP contribution is -2.47. The molecule has 4 rings (SSSR count). The molecule has 1 amide bonds. The molecule has 1 aliphatic rings. The van der Waals surface area contributed by atoms with E-state index in [4.69, 9.17) is 0 Å². The number of aryl methyl sites for hydroxylation is 1. The largest absolute Gasteiger partial charge is 0.340 e. The maximum absolute atomic E-state index is 12.9. The SMILES string of the molecule is Cc1cc2ncc(C(=O)N(C)C[C@@H]3Cc4ccccc4CN3C)c(=O)n2[nH]1. The summed E-state index contributed by atoms with van der Waals surface area (Å²) in [6.45, 7) is 3.26. The summed E-state index contributed by atoms with van der Waals surface area (Å²) in [5.41, 5.74) is 3.70. The van der Waals surface area contributed by atoms with Crippen LogP contribution in [-0.2, 0) is 13.0 Å². The average Bonchev–Trinajstić information content (AvgIpc) is 3.03. The van der Waals surface area contributed by atoms with E-state index < -0.39 is 0 Å². The van der Waals surface area contributed by atoms with E-state index >= 15 is 0 Å². The molecule has 7 heteroatoms. The van der Waals surface area contributed by atoms with Crippen LogP contribution in [0.1, 0.15) is 27.2 Å². The van der Waals surface area contributed by atoms with Gasteiger partial charge in [-0.1, -0.05) is 24.3 Å². The van der Waals surface area contributed by atoms with Crippen LogP contribution < -0.4 is 5.56 Å². The van der Waals surface area contributed by atoms with Gasteiger partial charge in [0.15, 0.2) is 5.65 Å². The maximum atomic E-state index is 12.9. The van der Waals surface area contributed by atoms with E-state index in [1.54, 1.807) is 18.0 Å². The van der Waals surface area contributed by atoms with E-state index in [1.807, 2.05) is 6.92 Å². The molecule has 0 saturated carbocycles. The van der Waals surface area contributed by atoms with E-state index in [0.29, 0.717) is 12.2 Å². The molecule has 2 aromatic heterocycles. The Labute approximate surface area is 157 Å². The van der Waals surface area contributed by atoms with Gasteiger partial charge in [0.05, 0.1) is 0 Å². The lowest BCUT2D eigenvalue weighted by Gasteiger charge is -2.36. The summed E-state index contributed by atoms with van der Waals surface area (Å²) in [6, 6.07) is 10.4. The minimum absolute atomic E-state index is 0.0794. The zero-order chi connectivity index (χ0) is 19.1. The summed E-state index contributed by atoms with van der Waals surface area (Å²) in [4.78, 5) is 33.6. The van der Waals surface area contributed by atoms with Gasteiger partial charge >= 0.3 is 0 Å².